The first-order valence-corrected chi connectivity index (χ1v) is 10.9. The number of benzene rings is 1. The molecule has 7 nitrogen and oxygen atoms in total. The maximum Gasteiger partial charge on any atom is 0.410 e. The fourth-order valence-corrected chi connectivity index (χ4v) is 4.91. The van der Waals surface area contributed by atoms with E-state index in [9.17, 15) is 14.4 Å². The van der Waals surface area contributed by atoms with Gasteiger partial charge in [0.2, 0.25) is 11.8 Å². The van der Waals surface area contributed by atoms with Gasteiger partial charge in [-0.2, -0.15) is 0 Å². The number of rotatable bonds is 2. The van der Waals surface area contributed by atoms with Crippen LogP contribution in [0.2, 0.25) is 0 Å². The topological polar surface area (TPSA) is 87.7 Å². The Kier molecular flexibility index (Phi) is 5.24. The summed E-state index contributed by atoms with van der Waals surface area (Å²) in [5, 5.41) is 5.68. The van der Waals surface area contributed by atoms with Gasteiger partial charge in [-0.15, -0.1) is 0 Å². The number of hydrogen-bond acceptors (Lipinski definition) is 5. The number of amides is 3. The van der Waals surface area contributed by atoms with Crippen molar-refractivity contribution < 1.29 is 19.1 Å². The van der Waals surface area contributed by atoms with Crippen LogP contribution in [-0.4, -0.2) is 47.5 Å². The zero-order valence-electron chi connectivity index (χ0n) is 18.0. The average molecular weight is 414 g/mol. The van der Waals surface area contributed by atoms with Crippen molar-refractivity contribution in [2.45, 2.75) is 76.4 Å². The predicted octanol–water partition coefficient (Wildman–Crippen LogP) is 3.12. The number of aryl methyl sites for hydroxylation is 1. The van der Waals surface area contributed by atoms with Gasteiger partial charge in [0.15, 0.2) is 0 Å². The Labute approximate surface area is 177 Å². The lowest BCUT2D eigenvalue weighted by Crippen LogP contribution is -2.47. The number of likely N-dealkylation sites (tertiary alicyclic amines) is 1. The zero-order valence-corrected chi connectivity index (χ0v) is 18.0. The zero-order chi connectivity index (χ0) is 21.5. The molecule has 1 atom stereocenters. The SMILES string of the molecule is CC(C)(C)OC(=O)N1CCC2(CCc3cc(NC4CCC(=O)NC4=O)ccc32)CC1. The van der Waals surface area contributed by atoms with Crippen molar-refractivity contribution >= 4 is 23.6 Å². The average Bonchev–Trinajstić information content (AvgIpc) is 3.01. The van der Waals surface area contributed by atoms with Crippen LogP contribution >= 0.6 is 0 Å². The van der Waals surface area contributed by atoms with E-state index < -0.39 is 5.60 Å². The molecule has 0 radical (unpaired) electrons. The van der Waals surface area contributed by atoms with E-state index in [0.717, 1.165) is 31.4 Å². The molecule has 1 aromatic rings. The van der Waals surface area contributed by atoms with E-state index in [4.69, 9.17) is 4.74 Å². The normalized spacial score (nSPS) is 23.2. The molecular weight excluding hydrogens is 382 g/mol. The minimum Gasteiger partial charge on any atom is -0.444 e. The molecule has 0 aromatic heterocycles. The quantitative estimate of drug-likeness (QED) is 0.728. The third kappa shape index (κ3) is 4.16. The van der Waals surface area contributed by atoms with E-state index >= 15 is 0 Å². The van der Waals surface area contributed by atoms with Gasteiger partial charge in [-0.1, -0.05) is 6.07 Å². The summed E-state index contributed by atoms with van der Waals surface area (Å²) in [7, 11) is 0. The first-order valence-electron chi connectivity index (χ1n) is 10.9. The van der Waals surface area contributed by atoms with E-state index in [2.05, 4.69) is 22.8 Å². The van der Waals surface area contributed by atoms with Crippen molar-refractivity contribution in [2.24, 2.45) is 0 Å². The van der Waals surface area contributed by atoms with Gasteiger partial charge >= 0.3 is 6.09 Å². The maximum absolute atomic E-state index is 12.4. The van der Waals surface area contributed by atoms with Crippen LogP contribution in [0.3, 0.4) is 0 Å². The van der Waals surface area contributed by atoms with Crippen molar-refractivity contribution in [1.82, 2.24) is 10.2 Å². The molecule has 162 valence electrons. The molecule has 2 heterocycles. The molecule has 1 aromatic carbocycles. The van der Waals surface area contributed by atoms with Crippen LogP contribution in [0, 0.1) is 0 Å². The minimum absolute atomic E-state index is 0.126. The molecule has 3 aliphatic rings. The number of nitrogens with zero attached hydrogens (tertiary/aromatic N) is 1. The molecule has 4 rings (SSSR count). The van der Waals surface area contributed by atoms with E-state index in [1.165, 1.54) is 11.1 Å². The van der Waals surface area contributed by atoms with E-state index in [-0.39, 0.29) is 29.4 Å². The van der Waals surface area contributed by atoms with Gasteiger partial charge in [0.1, 0.15) is 11.6 Å². The van der Waals surface area contributed by atoms with Crippen LogP contribution < -0.4 is 10.6 Å². The number of carbonyl (C=O) groups excluding carboxylic acids is 3. The number of carbonyl (C=O) groups is 3. The van der Waals surface area contributed by atoms with Crippen LogP contribution in [0.1, 0.15) is 64.0 Å². The summed E-state index contributed by atoms with van der Waals surface area (Å²) in [4.78, 5) is 37.6. The van der Waals surface area contributed by atoms with Gasteiger partial charge in [-0.3, -0.25) is 14.9 Å². The maximum atomic E-state index is 12.4. The first kappa shape index (κ1) is 20.7. The highest BCUT2D eigenvalue weighted by Gasteiger charge is 2.42. The number of piperidine rings is 2. The fourth-order valence-electron chi connectivity index (χ4n) is 4.91. The predicted molar refractivity (Wildman–Crippen MR) is 113 cm³/mol. The monoisotopic (exact) mass is 413 g/mol. The Morgan fingerprint density at radius 3 is 2.57 bits per heavy atom. The third-order valence-electron chi connectivity index (χ3n) is 6.50. The second-order valence-electron chi connectivity index (χ2n) is 9.77. The lowest BCUT2D eigenvalue weighted by atomic mass is 9.74. The molecule has 2 fully saturated rings. The van der Waals surface area contributed by atoms with Crippen LogP contribution in [0.15, 0.2) is 18.2 Å². The molecule has 7 heteroatoms. The Hall–Kier alpha value is -2.57. The Morgan fingerprint density at radius 1 is 1.17 bits per heavy atom. The van der Waals surface area contributed by atoms with Crippen molar-refractivity contribution in [3.63, 3.8) is 0 Å². The number of hydrogen-bond donors (Lipinski definition) is 2. The van der Waals surface area contributed by atoms with Gasteiger partial charge < -0.3 is 15.0 Å². The Morgan fingerprint density at radius 2 is 1.90 bits per heavy atom. The van der Waals surface area contributed by atoms with E-state index in [1.807, 2.05) is 31.7 Å². The highest BCUT2D eigenvalue weighted by molar-refractivity contribution is 6.01. The largest absolute Gasteiger partial charge is 0.444 e. The molecule has 1 aliphatic carbocycles. The molecule has 1 spiro atoms. The summed E-state index contributed by atoms with van der Waals surface area (Å²) in [6, 6.07) is 6.00. The summed E-state index contributed by atoms with van der Waals surface area (Å²) in [5.41, 5.74) is 3.27. The molecule has 0 saturated carbocycles. The van der Waals surface area contributed by atoms with Crippen LogP contribution in [0.5, 0.6) is 0 Å². The van der Waals surface area contributed by atoms with E-state index in [1.54, 1.807) is 0 Å². The molecule has 3 amide bonds. The smallest absolute Gasteiger partial charge is 0.410 e. The Bertz CT molecular complexity index is 866. The molecule has 30 heavy (non-hydrogen) atoms. The van der Waals surface area contributed by atoms with Crippen LogP contribution in [0.25, 0.3) is 0 Å². The molecule has 2 saturated heterocycles. The van der Waals surface area contributed by atoms with Crippen molar-refractivity contribution in [3.05, 3.63) is 29.3 Å². The summed E-state index contributed by atoms with van der Waals surface area (Å²) < 4.78 is 5.53. The minimum atomic E-state index is -0.474. The first-order chi connectivity index (χ1) is 14.2. The van der Waals surface area contributed by atoms with Crippen molar-refractivity contribution in [3.8, 4) is 0 Å². The van der Waals surface area contributed by atoms with Gasteiger partial charge in [0.25, 0.3) is 0 Å². The highest BCUT2D eigenvalue weighted by atomic mass is 16.6. The molecule has 2 aliphatic heterocycles. The molecule has 2 N–H and O–H groups in total. The highest BCUT2D eigenvalue weighted by Crippen LogP contribution is 2.47. The van der Waals surface area contributed by atoms with Gasteiger partial charge in [-0.05, 0) is 81.5 Å². The number of nitrogens with one attached hydrogen (secondary N) is 2. The lowest BCUT2D eigenvalue weighted by molar-refractivity contribution is -0.133. The second kappa shape index (κ2) is 7.60. The number of ether oxygens (including phenoxy) is 1. The van der Waals surface area contributed by atoms with E-state index in [0.29, 0.717) is 25.9 Å². The number of imide groups is 1. The van der Waals surface area contributed by atoms with Crippen molar-refractivity contribution in [1.29, 1.82) is 0 Å². The molecule has 1 unspecified atom stereocenters. The fraction of sp³-hybridized carbons (Fsp3) is 0.609. The number of fused-ring (bicyclic) bond motifs is 2. The van der Waals surface area contributed by atoms with Gasteiger partial charge in [0.05, 0.1) is 0 Å². The van der Waals surface area contributed by atoms with Crippen LogP contribution in [-0.2, 0) is 26.2 Å². The molecular formula is C23H31N3O4. The lowest BCUT2D eigenvalue weighted by Gasteiger charge is -2.40. The number of anilines is 1. The van der Waals surface area contributed by atoms with Gasteiger partial charge in [-0.25, -0.2) is 4.79 Å². The van der Waals surface area contributed by atoms with Crippen molar-refractivity contribution in [2.75, 3.05) is 18.4 Å². The van der Waals surface area contributed by atoms with Crippen LogP contribution in [0.4, 0.5) is 10.5 Å². The Balaban J connectivity index is 1.41. The molecule has 0 bridgehead atoms. The second-order valence-corrected chi connectivity index (χ2v) is 9.77. The standard InChI is InChI=1S/C23H31N3O4/c1-22(2,3)30-21(29)26-12-10-23(11-13-26)9-8-15-14-16(4-5-17(15)23)24-18-6-7-19(27)25-20(18)28/h4-5,14,18,24H,6-13H2,1-3H3,(H,25,27,28). The van der Waals surface area contributed by atoms with Gasteiger partial charge in [0, 0.05) is 25.2 Å². The summed E-state index contributed by atoms with van der Waals surface area (Å²) in [6.07, 6.45) is 4.65. The summed E-state index contributed by atoms with van der Waals surface area (Å²) in [6.45, 7) is 7.10. The third-order valence-corrected chi connectivity index (χ3v) is 6.50. The summed E-state index contributed by atoms with van der Waals surface area (Å²) in [5.74, 6) is -0.454. The summed E-state index contributed by atoms with van der Waals surface area (Å²) >= 11 is 0.